The van der Waals surface area contributed by atoms with Crippen molar-refractivity contribution in [3.05, 3.63) is 48.5 Å². The summed E-state index contributed by atoms with van der Waals surface area (Å²) >= 11 is 0. The fraction of sp³-hybridized carbons (Fsp3) is 0.125. The Balaban J connectivity index is 1.94. The van der Waals surface area contributed by atoms with Gasteiger partial charge in [0.2, 0.25) is 0 Å². The van der Waals surface area contributed by atoms with E-state index in [9.17, 15) is 5.11 Å². The molecule has 0 aliphatic rings. The Hall–Kier alpha value is -3.02. The van der Waals surface area contributed by atoms with Crippen molar-refractivity contribution in [3.63, 3.8) is 0 Å². The number of aromatic nitrogens is 3. The summed E-state index contributed by atoms with van der Waals surface area (Å²) in [6.07, 6.45) is 0. The van der Waals surface area contributed by atoms with Gasteiger partial charge in [-0.2, -0.15) is 4.68 Å². The van der Waals surface area contributed by atoms with Crippen LogP contribution in [0, 0.1) is 0 Å². The second-order valence-corrected chi connectivity index (χ2v) is 4.71. The molecule has 0 aliphatic heterocycles. The highest BCUT2D eigenvalue weighted by atomic mass is 16.5. The van der Waals surface area contributed by atoms with Crippen LogP contribution in [0.5, 0.6) is 11.5 Å². The Labute approximate surface area is 127 Å². The van der Waals surface area contributed by atoms with Crippen LogP contribution < -0.4 is 10.5 Å². The Morgan fingerprint density at radius 3 is 2.41 bits per heavy atom. The summed E-state index contributed by atoms with van der Waals surface area (Å²) in [4.78, 5) is 0. The molecule has 1 aromatic heterocycles. The van der Waals surface area contributed by atoms with Gasteiger partial charge in [-0.05, 0) is 55.5 Å². The van der Waals surface area contributed by atoms with E-state index in [-0.39, 0.29) is 5.75 Å². The number of phenolic OH excluding ortho intramolecular Hbond substituents is 1. The number of benzene rings is 2. The lowest BCUT2D eigenvalue weighted by Crippen LogP contribution is -2.02. The lowest BCUT2D eigenvalue weighted by Gasteiger charge is -2.05. The third-order valence-electron chi connectivity index (χ3n) is 3.24. The molecule has 0 saturated heterocycles. The molecule has 0 saturated carbocycles. The summed E-state index contributed by atoms with van der Waals surface area (Å²) in [6, 6.07) is 14.1. The second-order valence-electron chi connectivity index (χ2n) is 4.71. The number of rotatable bonds is 4. The maximum atomic E-state index is 9.34. The topological polar surface area (TPSA) is 86.2 Å². The molecule has 0 aliphatic carbocycles. The van der Waals surface area contributed by atoms with Crippen LogP contribution >= 0.6 is 0 Å². The highest BCUT2D eigenvalue weighted by Gasteiger charge is 2.13. The van der Waals surface area contributed by atoms with Gasteiger partial charge in [-0.3, -0.25) is 0 Å². The van der Waals surface area contributed by atoms with E-state index in [1.54, 1.807) is 24.3 Å². The van der Waals surface area contributed by atoms with Crippen LogP contribution in [0.25, 0.3) is 16.9 Å². The van der Waals surface area contributed by atoms with Gasteiger partial charge in [0.1, 0.15) is 17.2 Å². The van der Waals surface area contributed by atoms with Gasteiger partial charge in [-0.25, -0.2) is 0 Å². The van der Waals surface area contributed by atoms with Crippen LogP contribution in [0.2, 0.25) is 0 Å². The summed E-state index contributed by atoms with van der Waals surface area (Å²) in [5, 5.41) is 17.6. The summed E-state index contributed by atoms with van der Waals surface area (Å²) in [5.41, 5.74) is 8.36. The normalized spacial score (nSPS) is 10.6. The molecule has 3 N–H and O–H groups in total. The van der Waals surface area contributed by atoms with E-state index >= 15 is 0 Å². The van der Waals surface area contributed by atoms with Crippen molar-refractivity contribution in [2.45, 2.75) is 6.92 Å². The molecule has 0 radical (unpaired) electrons. The van der Waals surface area contributed by atoms with Crippen molar-refractivity contribution in [2.24, 2.45) is 0 Å². The van der Waals surface area contributed by atoms with Gasteiger partial charge in [0, 0.05) is 5.56 Å². The standard InChI is InChI=1S/C16H16N4O2/c1-2-22-14-9-3-11(4-10-14)15-16(17)20(19-18-15)12-5-7-13(21)8-6-12/h3-10,21H,2,17H2,1H3. The van der Waals surface area contributed by atoms with Crippen molar-refractivity contribution in [1.82, 2.24) is 15.0 Å². The first kappa shape index (κ1) is 13.9. The third-order valence-corrected chi connectivity index (χ3v) is 3.24. The molecule has 3 rings (SSSR count). The number of nitrogens with two attached hydrogens (primary N) is 1. The molecule has 112 valence electrons. The average molecular weight is 296 g/mol. The zero-order chi connectivity index (χ0) is 15.5. The van der Waals surface area contributed by atoms with Crippen LogP contribution in [0.4, 0.5) is 5.82 Å². The quantitative estimate of drug-likeness (QED) is 0.773. The van der Waals surface area contributed by atoms with Crippen LogP contribution in [0.1, 0.15) is 6.92 Å². The molecular formula is C16H16N4O2. The number of nitrogen functional groups attached to an aromatic ring is 1. The van der Waals surface area contributed by atoms with Crippen molar-refractivity contribution >= 4 is 5.82 Å². The third kappa shape index (κ3) is 2.58. The largest absolute Gasteiger partial charge is 0.508 e. The molecule has 0 unspecified atom stereocenters. The summed E-state index contributed by atoms with van der Waals surface area (Å²) in [6.45, 7) is 2.56. The van der Waals surface area contributed by atoms with Crippen molar-refractivity contribution in [2.75, 3.05) is 12.3 Å². The first-order valence-corrected chi connectivity index (χ1v) is 6.93. The molecule has 6 heteroatoms. The second kappa shape index (κ2) is 5.77. The van der Waals surface area contributed by atoms with E-state index in [1.165, 1.54) is 4.68 Å². The maximum absolute atomic E-state index is 9.34. The van der Waals surface area contributed by atoms with Crippen LogP contribution in [0.15, 0.2) is 48.5 Å². The highest BCUT2D eigenvalue weighted by Crippen LogP contribution is 2.27. The number of aromatic hydroxyl groups is 1. The van der Waals surface area contributed by atoms with Gasteiger partial charge in [0.25, 0.3) is 0 Å². The van der Waals surface area contributed by atoms with E-state index in [2.05, 4.69) is 10.3 Å². The molecule has 3 aromatic rings. The molecule has 22 heavy (non-hydrogen) atoms. The molecule has 1 heterocycles. The Morgan fingerprint density at radius 1 is 1.09 bits per heavy atom. The smallest absolute Gasteiger partial charge is 0.155 e. The monoisotopic (exact) mass is 296 g/mol. The van der Waals surface area contributed by atoms with Gasteiger partial charge >= 0.3 is 0 Å². The molecule has 0 fully saturated rings. The number of hydrogen-bond donors (Lipinski definition) is 2. The van der Waals surface area contributed by atoms with Gasteiger partial charge in [-0.15, -0.1) is 5.10 Å². The Kier molecular flexibility index (Phi) is 3.65. The fourth-order valence-corrected chi connectivity index (χ4v) is 2.16. The summed E-state index contributed by atoms with van der Waals surface area (Å²) in [7, 11) is 0. The first-order valence-electron chi connectivity index (χ1n) is 6.93. The van der Waals surface area contributed by atoms with Gasteiger partial charge < -0.3 is 15.6 Å². The number of anilines is 1. The van der Waals surface area contributed by atoms with Crippen LogP contribution in [0.3, 0.4) is 0 Å². The molecule has 0 amide bonds. The van der Waals surface area contributed by atoms with E-state index in [0.29, 0.717) is 18.1 Å². The Morgan fingerprint density at radius 2 is 1.77 bits per heavy atom. The zero-order valence-corrected chi connectivity index (χ0v) is 12.1. The lowest BCUT2D eigenvalue weighted by molar-refractivity contribution is 0.340. The predicted octanol–water partition coefficient (Wildman–Crippen LogP) is 2.62. The molecule has 0 spiro atoms. The number of nitrogens with zero attached hydrogens (tertiary/aromatic N) is 3. The van der Waals surface area contributed by atoms with Gasteiger partial charge in [0.05, 0.1) is 12.3 Å². The summed E-state index contributed by atoms with van der Waals surface area (Å²) < 4.78 is 6.95. The van der Waals surface area contributed by atoms with Crippen molar-refractivity contribution in [3.8, 4) is 28.4 Å². The van der Waals surface area contributed by atoms with Crippen LogP contribution in [-0.2, 0) is 0 Å². The van der Waals surface area contributed by atoms with E-state index in [1.807, 2.05) is 31.2 Å². The lowest BCUT2D eigenvalue weighted by atomic mass is 10.1. The first-order chi connectivity index (χ1) is 10.7. The molecule has 6 nitrogen and oxygen atoms in total. The highest BCUT2D eigenvalue weighted by molar-refractivity contribution is 5.71. The molecule has 2 aromatic carbocycles. The average Bonchev–Trinajstić information content (AvgIpc) is 2.91. The SMILES string of the molecule is CCOc1ccc(-c2nnn(-c3ccc(O)cc3)c2N)cc1. The zero-order valence-electron chi connectivity index (χ0n) is 12.1. The molecule has 0 bridgehead atoms. The fourth-order valence-electron chi connectivity index (χ4n) is 2.16. The number of ether oxygens (including phenoxy) is 1. The minimum Gasteiger partial charge on any atom is -0.508 e. The maximum Gasteiger partial charge on any atom is 0.155 e. The van der Waals surface area contributed by atoms with Gasteiger partial charge in [0.15, 0.2) is 5.82 Å². The molecular weight excluding hydrogens is 280 g/mol. The number of hydrogen-bond acceptors (Lipinski definition) is 5. The Bertz CT molecular complexity index is 764. The predicted molar refractivity (Wildman–Crippen MR) is 84.0 cm³/mol. The molecule has 0 atom stereocenters. The number of phenols is 1. The van der Waals surface area contributed by atoms with Crippen LogP contribution in [-0.4, -0.2) is 26.7 Å². The minimum atomic E-state index is 0.189. The van der Waals surface area contributed by atoms with E-state index < -0.39 is 0 Å². The van der Waals surface area contributed by atoms with E-state index in [4.69, 9.17) is 10.5 Å². The summed E-state index contributed by atoms with van der Waals surface area (Å²) in [5.74, 6) is 1.43. The van der Waals surface area contributed by atoms with Crippen molar-refractivity contribution in [1.29, 1.82) is 0 Å². The van der Waals surface area contributed by atoms with E-state index in [0.717, 1.165) is 17.0 Å². The minimum absolute atomic E-state index is 0.189. The van der Waals surface area contributed by atoms with Gasteiger partial charge in [-0.1, -0.05) is 5.21 Å². The van der Waals surface area contributed by atoms with Crippen molar-refractivity contribution < 1.29 is 9.84 Å².